The minimum absolute atomic E-state index is 0.468. The van der Waals surface area contributed by atoms with Gasteiger partial charge in [0.1, 0.15) is 5.82 Å². The van der Waals surface area contributed by atoms with Gasteiger partial charge in [0, 0.05) is 20.2 Å². The van der Waals surface area contributed by atoms with Crippen LogP contribution in [0.2, 0.25) is 0 Å². The van der Waals surface area contributed by atoms with Crippen LogP contribution in [0.25, 0.3) is 0 Å². The zero-order valence-electron chi connectivity index (χ0n) is 16.0. The van der Waals surface area contributed by atoms with Crippen LogP contribution in [0.4, 0.5) is 17.7 Å². The van der Waals surface area contributed by atoms with E-state index in [0.717, 1.165) is 11.8 Å². The third kappa shape index (κ3) is 3.97. The molecule has 0 spiro atoms. The molecule has 0 aliphatic heterocycles. The van der Waals surface area contributed by atoms with Gasteiger partial charge in [-0.2, -0.15) is 10.1 Å². The Morgan fingerprint density at radius 1 is 1.07 bits per heavy atom. The first-order chi connectivity index (χ1) is 13.2. The van der Waals surface area contributed by atoms with Crippen molar-refractivity contribution < 1.29 is 0 Å². The summed E-state index contributed by atoms with van der Waals surface area (Å²) in [6, 6.07) is 12.8. The van der Waals surface area contributed by atoms with Gasteiger partial charge in [-0.25, -0.2) is 9.36 Å². The average molecular weight is 365 g/mol. The average Bonchev–Trinajstić information content (AvgIpc) is 3.31. The van der Waals surface area contributed by atoms with Crippen LogP contribution in [0.5, 0.6) is 0 Å². The molecule has 1 N–H and O–H groups in total. The van der Waals surface area contributed by atoms with Gasteiger partial charge in [0.2, 0.25) is 11.9 Å². The third-order valence-electron chi connectivity index (χ3n) is 5.06. The molecule has 1 aromatic carbocycles. The predicted octanol–water partition coefficient (Wildman–Crippen LogP) is 3.84. The minimum atomic E-state index is 0.468. The van der Waals surface area contributed by atoms with Gasteiger partial charge in [0.25, 0.3) is 0 Å². The minimum Gasteiger partial charge on any atom is -0.347 e. The lowest BCUT2D eigenvalue weighted by atomic mass is 9.96. The van der Waals surface area contributed by atoms with Gasteiger partial charge in [0.05, 0.1) is 18.8 Å². The predicted molar refractivity (Wildman–Crippen MR) is 108 cm³/mol. The summed E-state index contributed by atoms with van der Waals surface area (Å²) < 4.78 is 4.03. The van der Waals surface area contributed by atoms with E-state index in [1.165, 1.54) is 37.7 Å². The van der Waals surface area contributed by atoms with Crippen molar-refractivity contribution in [3.8, 4) is 0 Å². The van der Waals surface area contributed by atoms with Crippen LogP contribution in [0.3, 0.4) is 0 Å². The van der Waals surface area contributed by atoms with E-state index in [1.807, 2.05) is 54.1 Å². The van der Waals surface area contributed by atoms with Crippen molar-refractivity contribution in [3.05, 3.63) is 48.2 Å². The summed E-state index contributed by atoms with van der Waals surface area (Å²) in [6.07, 6.45) is 8.12. The fraction of sp³-hybridized carbons (Fsp3) is 0.450. The summed E-state index contributed by atoms with van der Waals surface area (Å²) in [4.78, 5) is 6.68. The van der Waals surface area contributed by atoms with E-state index in [9.17, 15) is 0 Å². The van der Waals surface area contributed by atoms with Gasteiger partial charge in [-0.05, 0) is 18.4 Å². The van der Waals surface area contributed by atoms with Gasteiger partial charge >= 0.3 is 0 Å². The summed E-state index contributed by atoms with van der Waals surface area (Å²) in [5.74, 6) is 2.39. The van der Waals surface area contributed by atoms with Gasteiger partial charge in [-0.1, -0.05) is 49.6 Å². The lowest BCUT2D eigenvalue weighted by molar-refractivity contribution is 0.333. The maximum Gasteiger partial charge on any atom is 0.249 e. The highest BCUT2D eigenvalue weighted by atomic mass is 15.5. The first-order valence-electron chi connectivity index (χ1n) is 9.67. The maximum atomic E-state index is 4.70. The Labute approximate surface area is 160 Å². The van der Waals surface area contributed by atoms with Crippen molar-refractivity contribution in [2.45, 2.75) is 44.7 Å². The van der Waals surface area contributed by atoms with E-state index in [1.54, 1.807) is 0 Å². The van der Waals surface area contributed by atoms with E-state index in [-0.39, 0.29) is 0 Å². The van der Waals surface area contributed by atoms with Gasteiger partial charge < -0.3 is 10.2 Å². The molecule has 2 heterocycles. The quantitative estimate of drug-likeness (QED) is 0.719. The molecule has 0 bridgehead atoms. The molecule has 1 fully saturated rings. The van der Waals surface area contributed by atoms with E-state index in [4.69, 9.17) is 10.1 Å². The molecular weight excluding hydrogens is 338 g/mol. The number of nitrogens with zero attached hydrogens (tertiary/aromatic N) is 6. The molecule has 7 nitrogen and oxygen atoms in total. The molecule has 0 atom stereocenters. The van der Waals surface area contributed by atoms with Crippen LogP contribution in [-0.2, 0) is 6.54 Å². The van der Waals surface area contributed by atoms with Crippen molar-refractivity contribution in [2.75, 3.05) is 24.3 Å². The Kier molecular flexibility index (Phi) is 5.09. The highest BCUT2D eigenvalue weighted by Gasteiger charge is 2.20. The van der Waals surface area contributed by atoms with Crippen molar-refractivity contribution in [1.82, 2.24) is 24.5 Å². The van der Waals surface area contributed by atoms with E-state index in [2.05, 4.69) is 27.2 Å². The summed E-state index contributed by atoms with van der Waals surface area (Å²) in [5.41, 5.74) is 1.20. The summed E-state index contributed by atoms with van der Waals surface area (Å²) in [5, 5.41) is 12.6. The van der Waals surface area contributed by atoms with Crippen LogP contribution in [0, 0.1) is 0 Å². The zero-order valence-corrected chi connectivity index (χ0v) is 16.0. The van der Waals surface area contributed by atoms with Crippen LogP contribution in [0.15, 0.2) is 42.6 Å². The van der Waals surface area contributed by atoms with Gasteiger partial charge in [-0.3, -0.25) is 0 Å². The highest BCUT2D eigenvalue weighted by Crippen LogP contribution is 2.30. The number of benzene rings is 1. The number of rotatable bonds is 6. The second kappa shape index (κ2) is 7.82. The summed E-state index contributed by atoms with van der Waals surface area (Å²) >= 11 is 0. The second-order valence-corrected chi connectivity index (χ2v) is 7.35. The van der Waals surface area contributed by atoms with Crippen LogP contribution >= 0.6 is 0 Å². The maximum absolute atomic E-state index is 4.70. The molecule has 0 amide bonds. The molecule has 27 heavy (non-hydrogen) atoms. The molecule has 4 rings (SSSR count). The fourth-order valence-electron chi connectivity index (χ4n) is 3.72. The number of hydrogen-bond acceptors (Lipinski definition) is 5. The molecule has 7 heteroatoms. The van der Waals surface area contributed by atoms with E-state index < -0.39 is 0 Å². The lowest BCUT2D eigenvalue weighted by Crippen LogP contribution is -2.16. The Balaban J connectivity index is 1.56. The molecule has 3 aromatic rings. The van der Waals surface area contributed by atoms with Crippen LogP contribution in [0.1, 0.15) is 43.7 Å². The lowest BCUT2D eigenvalue weighted by Gasteiger charge is -2.23. The Hall–Kier alpha value is -2.83. The molecule has 0 unspecified atom stereocenters. The SMILES string of the molecule is CN(C)c1nc(Nc2ccnn2C2CCCCC2)nn1Cc1ccccc1. The molecule has 1 saturated carbocycles. The molecular formula is C20H27N7. The third-order valence-corrected chi connectivity index (χ3v) is 5.06. The van der Waals surface area contributed by atoms with Gasteiger partial charge in [-0.15, -0.1) is 5.10 Å². The van der Waals surface area contributed by atoms with Crippen molar-refractivity contribution in [1.29, 1.82) is 0 Å². The number of anilines is 3. The molecule has 1 aliphatic carbocycles. The molecule has 1 aliphatic rings. The van der Waals surface area contributed by atoms with E-state index >= 15 is 0 Å². The van der Waals surface area contributed by atoms with Crippen molar-refractivity contribution in [2.24, 2.45) is 0 Å². The molecule has 0 radical (unpaired) electrons. The van der Waals surface area contributed by atoms with Crippen molar-refractivity contribution in [3.63, 3.8) is 0 Å². The largest absolute Gasteiger partial charge is 0.347 e. The Morgan fingerprint density at radius 2 is 1.85 bits per heavy atom. The summed E-state index contributed by atoms with van der Waals surface area (Å²) in [6.45, 7) is 0.685. The first kappa shape index (κ1) is 17.6. The number of nitrogens with one attached hydrogen (secondary N) is 1. The van der Waals surface area contributed by atoms with Gasteiger partial charge in [0.15, 0.2) is 0 Å². The molecule has 142 valence electrons. The van der Waals surface area contributed by atoms with E-state index in [0.29, 0.717) is 18.5 Å². The smallest absolute Gasteiger partial charge is 0.249 e. The van der Waals surface area contributed by atoms with Crippen LogP contribution < -0.4 is 10.2 Å². The van der Waals surface area contributed by atoms with Crippen molar-refractivity contribution >= 4 is 17.7 Å². The topological polar surface area (TPSA) is 63.8 Å². The van der Waals surface area contributed by atoms with Crippen LogP contribution in [-0.4, -0.2) is 38.6 Å². The zero-order chi connectivity index (χ0) is 18.6. The monoisotopic (exact) mass is 365 g/mol. The number of hydrogen-bond donors (Lipinski definition) is 1. The molecule has 2 aromatic heterocycles. The number of aromatic nitrogens is 5. The highest BCUT2D eigenvalue weighted by molar-refractivity contribution is 5.50. The fourth-order valence-corrected chi connectivity index (χ4v) is 3.72. The first-order valence-corrected chi connectivity index (χ1v) is 9.67. The summed E-state index contributed by atoms with van der Waals surface area (Å²) in [7, 11) is 3.98. The Morgan fingerprint density at radius 3 is 2.59 bits per heavy atom. The second-order valence-electron chi connectivity index (χ2n) is 7.35. The normalized spacial score (nSPS) is 15.0. The Bertz CT molecular complexity index is 860. The standard InChI is InChI=1S/C20H27N7/c1-25(2)20-23-19(24-26(20)15-16-9-5-3-6-10-16)22-18-13-14-21-27(18)17-11-7-4-8-12-17/h3,5-6,9-10,13-14,17H,4,7-8,11-12,15H2,1-2H3,(H,22,24). The molecule has 0 saturated heterocycles.